The van der Waals surface area contributed by atoms with Gasteiger partial charge >= 0.3 is 10.2 Å². The first-order valence-corrected chi connectivity index (χ1v) is 13.2. The number of aryl methyl sites for hydroxylation is 1. The monoisotopic (exact) mass is 546 g/mol. The van der Waals surface area contributed by atoms with Crippen LogP contribution in [0.5, 0.6) is 0 Å². The largest absolute Gasteiger partial charge is 0.322 e. The van der Waals surface area contributed by atoms with Gasteiger partial charge in [0.2, 0.25) is 0 Å². The van der Waals surface area contributed by atoms with E-state index in [9.17, 15) is 18.0 Å². The average molecular weight is 547 g/mol. The zero-order valence-corrected chi connectivity index (χ0v) is 21.9. The molecule has 1 fully saturated rings. The smallest absolute Gasteiger partial charge is 0.303 e. The second-order valence-corrected chi connectivity index (χ2v) is 11.2. The van der Waals surface area contributed by atoms with Crippen molar-refractivity contribution in [2.24, 2.45) is 0 Å². The minimum Gasteiger partial charge on any atom is -0.322 e. The Morgan fingerprint density at radius 1 is 0.917 bits per heavy atom. The Hall–Kier alpha value is -3.11. The lowest BCUT2D eigenvalue weighted by Gasteiger charge is -2.34. The summed E-state index contributed by atoms with van der Waals surface area (Å²) in [4.78, 5) is 25.6. The molecule has 188 valence electrons. The molecule has 0 atom stereocenters. The zero-order valence-electron chi connectivity index (χ0n) is 19.6. The van der Waals surface area contributed by atoms with Gasteiger partial charge in [0, 0.05) is 42.0 Å². The van der Waals surface area contributed by atoms with E-state index in [-0.39, 0.29) is 5.91 Å². The quantitative estimate of drug-likeness (QED) is 0.459. The SMILES string of the molecule is Cc1cc(N2CCCN(C)S2(=O)=O)ccc1C(=O)Nc1ccc(Cl)c(NC(=O)c2cccc(Cl)c2)c1. The van der Waals surface area contributed by atoms with Gasteiger partial charge in [-0.25, -0.2) is 0 Å². The minimum atomic E-state index is -3.58. The Kier molecular flexibility index (Phi) is 7.56. The summed E-state index contributed by atoms with van der Waals surface area (Å²) >= 11 is 12.2. The van der Waals surface area contributed by atoms with Crippen LogP contribution >= 0.6 is 23.2 Å². The van der Waals surface area contributed by atoms with Crippen molar-refractivity contribution in [2.75, 3.05) is 35.1 Å². The topological polar surface area (TPSA) is 98.8 Å². The highest BCUT2D eigenvalue weighted by atomic mass is 35.5. The molecule has 0 bridgehead atoms. The highest BCUT2D eigenvalue weighted by molar-refractivity contribution is 7.90. The van der Waals surface area contributed by atoms with Crippen LogP contribution in [0.4, 0.5) is 17.1 Å². The van der Waals surface area contributed by atoms with E-state index in [0.29, 0.717) is 63.3 Å². The maximum atomic E-state index is 13.0. The van der Waals surface area contributed by atoms with Gasteiger partial charge in [-0.3, -0.25) is 13.9 Å². The lowest BCUT2D eigenvalue weighted by atomic mass is 10.1. The van der Waals surface area contributed by atoms with Crippen molar-refractivity contribution >= 4 is 62.3 Å². The Bertz CT molecular complexity index is 1450. The van der Waals surface area contributed by atoms with Crippen LogP contribution < -0.4 is 14.9 Å². The van der Waals surface area contributed by atoms with Crippen LogP contribution in [-0.4, -0.2) is 44.7 Å². The van der Waals surface area contributed by atoms with Gasteiger partial charge in [0.1, 0.15) is 0 Å². The van der Waals surface area contributed by atoms with E-state index in [1.807, 2.05) is 0 Å². The van der Waals surface area contributed by atoms with Crippen LogP contribution in [0.1, 0.15) is 32.7 Å². The van der Waals surface area contributed by atoms with Crippen LogP contribution in [0.15, 0.2) is 60.7 Å². The Morgan fingerprint density at radius 3 is 2.42 bits per heavy atom. The summed E-state index contributed by atoms with van der Waals surface area (Å²) < 4.78 is 28.0. The number of halogens is 2. The number of rotatable bonds is 5. The van der Waals surface area contributed by atoms with E-state index in [0.717, 1.165) is 0 Å². The molecule has 1 saturated heterocycles. The second kappa shape index (κ2) is 10.5. The van der Waals surface area contributed by atoms with Gasteiger partial charge in [0.25, 0.3) is 11.8 Å². The van der Waals surface area contributed by atoms with Crippen molar-refractivity contribution in [3.63, 3.8) is 0 Å². The van der Waals surface area contributed by atoms with Gasteiger partial charge in [0.15, 0.2) is 0 Å². The van der Waals surface area contributed by atoms with Gasteiger partial charge in [0.05, 0.1) is 16.4 Å². The van der Waals surface area contributed by atoms with Crippen LogP contribution in [-0.2, 0) is 10.2 Å². The molecule has 36 heavy (non-hydrogen) atoms. The van der Waals surface area contributed by atoms with E-state index in [2.05, 4.69) is 10.6 Å². The van der Waals surface area contributed by atoms with Crippen molar-refractivity contribution < 1.29 is 18.0 Å². The van der Waals surface area contributed by atoms with Gasteiger partial charge in [-0.1, -0.05) is 29.3 Å². The lowest BCUT2D eigenvalue weighted by molar-refractivity contribution is 0.101. The minimum absolute atomic E-state index is 0.302. The molecule has 1 heterocycles. The number of nitrogens with one attached hydrogen (secondary N) is 2. The Labute approximate surface area is 220 Å². The molecule has 0 unspecified atom stereocenters. The molecule has 0 saturated carbocycles. The van der Waals surface area contributed by atoms with E-state index in [1.54, 1.807) is 68.6 Å². The summed E-state index contributed by atoms with van der Waals surface area (Å²) in [7, 11) is -2.03. The number of carbonyl (C=O) groups is 2. The second-order valence-electron chi connectivity index (χ2n) is 8.37. The molecular weight excluding hydrogens is 523 g/mol. The first-order valence-electron chi connectivity index (χ1n) is 11.1. The number of benzene rings is 3. The van der Waals surface area contributed by atoms with Crippen molar-refractivity contribution in [2.45, 2.75) is 13.3 Å². The maximum Gasteiger partial charge on any atom is 0.303 e. The fraction of sp³-hybridized carbons (Fsp3) is 0.200. The number of anilines is 3. The molecule has 8 nitrogen and oxygen atoms in total. The zero-order chi connectivity index (χ0) is 26.0. The number of hydrogen-bond acceptors (Lipinski definition) is 4. The van der Waals surface area contributed by atoms with Gasteiger partial charge in [-0.15, -0.1) is 0 Å². The number of hydrogen-bond donors (Lipinski definition) is 2. The van der Waals surface area contributed by atoms with E-state index >= 15 is 0 Å². The molecule has 0 radical (unpaired) electrons. The predicted molar refractivity (Wildman–Crippen MR) is 144 cm³/mol. The normalized spacial score (nSPS) is 15.4. The molecular formula is C25H24Cl2N4O4S. The number of carbonyl (C=O) groups excluding carboxylic acids is 2. The van der Waals surface area contributed by atoms with E-state index in [1.165, 1.54) is 14.7 Å². The maximum absolute atomic E-state index is 13.0. The Morgan fingerprint density at radius 2 is 1.69 bits per heavy atom. The summed E-state index contributed by atoms with van der Waals surface area (Å²) in [6.07, 6.45) is 0.712. The molecule has 0 spiro atoms. The van der Waals surface area contributed by atoms with Crippen LogP contribution in [0.3, 0.4) is 0 Å². The van der Waals surface area contributed by atoms with Crippen LogP contribution in [0.25, 0.3) is 0 Å². The standard InChI is InChI=1S/C25H24Cl2N4O4S/c1-16-13-20(31-12-4-11-30(2)36(31,34)35)8-9-21(16)25(33)28-19-7-10-22(27)23(15-19)29-24(32)17-5-3-6-18(26)14-17/h3,5-10,13-15H,4,11-12H2,1-2H3,(H,28,33)(H,29,32). The van der Waals surface area contributed by atoms with Gasteiger partial charge in [-0.05, 0) is 73.5 Å². The summed E-state index contributed by atoms with van der Waals surface area (Å²) in [5, 5.41) is 6.26. The molecule has 3 aromatic rings. The summed E-state index contributed by atoms with van der Waals surface area (Å²) in [5.41, 5.74) is 2.64. The van der Waals surface area contributed by atoms with Crippen molar-refractivity contribution in [3.05, 3.63) is 87.4 Å². The molecule has 1 aliphatic heterocycles. The molecule has 4 rings (SSSR count). The first kappa shape index (κ1) is 26.0. The van der Waals surface area contributed by atoms with Crippen molar-refractivity contribution in [3.8, 4) is 0 Å². The van der Waals surface area contributed by atoms with Gasteiger partial charge in [-0.2, -0.15) is 12.7 Å². The lowest BCUT2D eigenvalue weighted by Crippen LogP contribution is -2.48. The van der Waals surface area contributed by atoms with Gasteiger partial charge < -0.3 is 10.6 Å². The van der Waals surface area contributed by atoms with Crippen molar-refractivity contribution in [1.82, 2.24) is 4.31 Å². The summed E-state index contributed by atoms with van der Waals surface area (Å²) in [6.45, 7) is 2.60. The molecule has 0 aliphatic carbocycles. The first-order chi connectivity index (χ1) is 17.1. The highest BCUT2D eigenvalue weighted by Gasteiger charge is 2.31. The average Bonchev–Trinajstić information content (AvgIpc) is 2.82. The summed E-state index contributed by atoms with van der Waals surface area (Å²) in [6, 6.07) is 16.2. The van der Waals surface area contributed by atoms with E-state index in [4.69, 9.17) is 23.2 Å². The molecule has 11 heteroatoms. The third-order valence-corrected chi connectivity index (χ3v) is 8.29. The third-order valence-electron chi connectivity index (χ3n) is 5.81. The fourth-order valence-electron chi connectivity index (χ4n) is 3.88. The molecule has 2 amide bonds. The fourth-order valence-corrected chi connectivity index (χ4v) is 5.67. The molecule has 1 aliphatic rings. The Balaban J connectivity index is 1.51. The molecule has 3 aromatic carbocycles. The molecule has 2 N–H and O–H groups in total. The number of nitrogens with zero attached hydrogens (tertiary/aromatic N) is 2. The van der Waals surface area contributed by atoms with Crippen molar-refractivity contribution in [1.29, 1.82) is 0 Å². The predicted octanol–water partition coefficient (Wildman–Crippen LogP) is 5.19. The molecule has 0 aromatic heterocycles. The van der Waals surface area contributed by atoms with Crippen LogP contribution in [0, 0.1) is 6.92 Å². The highest BCUT2D eigenvalue weighted by Crippen LogP contribution is 2.29. The van der Waals surface area contributed by atoms with E-state index < -0.39 is 16.1 Å². The number of amides is 2. The summed E-state index contributed by atoms with van der Waals surface area (Å²) in [5.74, 6) is -0.778. The third kappa shape index (κ3) is 5.49. The van der Waals surface area contributed by atoms with Crippen LogP contribution in [0.2, 0.25) is 10.0 Å².